The normalized spacial score (nSPS) is 19.8. The number of aliphatic carboxylic acids is 1. The number of hydrogen-bond acceptors (Lipinski definition) is 4. The summed E-state index contributed by atoms with van der Waals surface area (Å²) < 4.78 is 0. The Morgan fingerprint density at radius 3 is 2.90 bits per heavy atom. The molecule has 1 saturated heterocycles. The molecule has 1 aliphatic heterocycles. The molecule has 0 spiro atoms. The second-order valence-electron chi connectivity index (χ2n) is 5.14. The van der Waals surface area contributed by atoms with Crippen molar-refractivity contribution < 1.29 is 14.8 Å². The smallest absolute Gasteiger partial charge is 0.320 e. The van der Waals surface area contributed by atoms with Crippen LogP contribution in [0.15, 0.2) is 18.2 Å². The van der Waals surface area contributed by atoms with Crippen LogP contribution in [0.25, 0.3) is 0 Å². The Morgan fingerprint density at radius 2 is 2.25 bits per heavy atom. The summed E-state index contributed by atoms with van der Waals surface area (Å²) in [5.74, 6) is -0.812. The van der Waals surface area contributed by atoms with Crippen LogP contribution in [0.5, 0.6) is 0 Å². The van der Waals surface area contributed by atoms with Gasteiger partial charge >= 0.3 is 5.97 Å². The molecule has 2 rings (SSSR count). The lowest BCUT2D eigenvalue weighted by molar-refractivity contribution is -0.385. The van der Waals surface area contributed by atoms with E-state index in [1.54, 1.807) is 13.0 Å². The summed E-state index contributed by atoms with van der Waals surface area (Å²) in [4.78, 5) is 23.7. The van der Waals surface area contributed by atoms with Crippen LogP contribution >= 0.6 is 0 Å². The van der Waals surface area contributed by atoms with Crippen LogP contribution in [0, 0.1) is 17.0 Å². The topological polar surface area (TPSA) is 83.7 Å². The molecule has 1 N–H and O–H groups in total. The van der Waals surface area contributed by atoms with Crippen LogP contribution in [0.4, 0.5) is 5.69 Å². The first kappa shape index (κ1) is 14.5. The Bertz CT molecular complexity index is 530. The van der Waals surface area contributed by atoms with Crippen molar-refractivity contribution in [2.24, 2.45) is 0 Å². The molecule has 1 fully saturated rings. The summed E-state index contributed by atoms with van der Waals surface area (Å²) in [6.07, 6.45) is 2.53. The minimum Gasteiger partial charge on any atom is -0.480 e. The molecule has 1 aromatic rings. The van der Waals surface area contributed by atoms with E-state index in [1.807, 2.05) is 11.0 Å². The zero-order valence-electron chi connectivity index (χ0n) is 11.4. The molecule has 0 aromatic heterocycles. The van der Waals surface area contributed by atoms with Gasteiger partial charge in [-0.1, -0.05) is 18.6 Å². The predicted molar refractivity (Wildman–Crippen MR) is 73.5 cm³/mol. The summed E-state index contributed by atoms with van der Waals surface area (Å²) in [7, 11) is 0. The van der Waals surface area contributed by atoms with Gasteiger partial charge in [-0.15, -0.1) is 0 Å². The number of likely N-dealkylation sites (tertiary alicyclic amines) is 1. The number of carbonyl (C=O) groups is 1. The SMILES string of the molecule is Cc1c(CN2CCCCC2C(=O)O)cccc1[N+](=O)[O-]. The summed E-state index contributed by atoms with van der Waals surface area (Å²) in [5.41, 5.74) is 1.53. The number of carboxylic acids is 1. The van der Waals surface area contributed by atoms with Gasteiger partial charge in [-0.2, -0.15) is 0 Å². The van der Waals surface area contributed by atoms with E-state index in [0.29, 0.717) is 18.5 Å². The maximum Gasteiger partial charge on any atom is 0.320 e. The van der Waals surface area contributed by atoms with E-state index in [-0.39, 0.29) is 5.69 Å². The zero-order valence-corrected chi connectivity index (χ0v) is 11.4. The number of carboxylic acid groups (broad SMARTS) is 1. The first-order chi connectivity index (χ1) is 9.50. The molecule has 1 atom stereocenters. The van der Waals surface area contributed by atoms with Crippen LogP contribution < -0.4 is 0 Å². The molecule has 0 amide bonds. The Kier molecular flexibility index (Phi) is 4.34. The molecular formula is C14H18N2O4. The minimum absolute atomic E-state index is 0.0892. The Balaban J connectivity index is 2.22. The highest BCUT2D eigenvalue weighted by Crippen LogP contribution is 2.25. The van der Waals surface area contributed by atoms with Gasteiger partial charge in [0, 0.05) is 18.2 Å². The number of nitro benzene ring substituents is 1. The van der Waals surface area contributed by atoms with Crippen molar-refractivity contribution in [3.63, 3.8) is 0 Å². The molecule has 0 saturated carbocycles. The number of hydrogen-bond donors (Lipinski definition) is 1. The summed E-state index contributed by atoms with van der Waals surface area (Å²) in [6, 6.07) is 4.47. The fraction of sp³-hybridized carbons (Fsp3) is 0.500. The van der Waals surface area contributed by atoms with E-state index in [1.165, 1.54) is 6.07 Å². The molecule has 1 aliphatic rings. The molecule has 1 heterocycles. The van der Waals surface area contributed by atoms with Crippen molar-refractivity contribution in [3.8, 4) is 0 Å². The van der Waals surface area contributed by atoms with E-state index in [9.17, 15) is 20.0 Å². The molecular weight excluding hydrogens is 260 g/mol. The third-order valence-corrected chi connectivity index (χ3v) is 3.89. The van der Waals surface area contributed by atoms with Gasteiger partial charge in [0.1, 0.15) is 6.04 Å². The zero-order chi connectivity index (χ0) is 14.7. The summed E-state index contributed by atoms with van der Waals surface area (Å²) in [6.45, 7) is 2.89. The molecule has 6 heteroatoms. The maximum atomic E-state index is 11.3. The third-order valence-electron chi connectivity index (χ3n) is 3.89. The highest BCUT2D eigenvalue weighted by molar-refractivity contribution is 5.73. The Labute approximate surface area is 117 Å². The molecule has 108 valence electrons. The largest absolute Gasteiger partial charge is 0.480 e. The molecule has 20 heavy (non-hydrogen) atoms. The summed E-state index contributed by atoms with van der Waals surface area (Å²) in [5, 5.41) is 20.2. The van der Waals surface area contributed by atoms with Gasteiger partial charge in [0.05, 0.1) is 4.92 Å². The van der Waals surface area contributed by atoms with E-state index < -0.39 is 16.9 Å². The van der Waals surface area contributed by atoms with Crippen molar-refractivity contribution in [3.05, 3.63) is 39.4 Å². The monoisotopic (exact) mass is 278 g/mol. The van der Waals surface area contributed by atoms with E-state index >= 15 is 0 Å². The van der Waals surface area contributed by atoms with Gasteiger partial charge in [0.25, 0.3) is 5.69 Å². The van der Waals surface area contributed by atoms with Crippen molar-refractivity contribution >= 4 is 11.7 Å². The van der Waals surface area contributed by atoms with Crippen LogP contribution in [-0.4, -0.2) is 33.5 Å². The Morgan fingerprint density at radius 1 is 1.50 bits per heavy atom. The average Bonchev–Trinajstić information content (AvgIpc) is 2.41. The number of nitro groups is 1. The molecule has 6 nitrogen and oxygen atoms in total. The lowest BCUT2D eigenvalue weighted by Gasteiger charge is -2.33. The van der Waals surface area contributed by atoms with Crippen molar-refractivity contribution in [1.82, 2.24) is 4.90 Å². The van der Waals surface area contributed by atoms with Gasteiger partial charge in [-0.25, -0.2) is 0 Å². The van der Waals surface area contributed by atoms with E-state index in [4.69, 9.17) is 0 Å². The van der Waals surface area contributed by atoms with Gasteiger partial charge in [0.15, 0.2) is 0 Å². The maximum absolute atomic E-state index is 11.3. The second kappa shape index (κ2) is 6.00. The predicted octanol–water partition coefficient (Wildman–Crippen LogP) is 2.34. The van der Waals surface area contributed by atoms with E-state index in [2.05, 4.69) is 0 Å². The van der Waals surface area contributed by atoms with Gasteiger partial charge in [0.2, 0.25) is 0 Å². The van der Waals surface area contributed by atoms with Crippen LogP contribution in [0.2, 0.25) is 0 Å². The van der Waals surface area contributed by atoms with Crippen LogP contribution in [-0.2, 0) is 11.3 Å². The number of benzene rings is 1. The highest BCUT2D eigenvalue weighted by atomic mass is 16.6. The Hall–Kier alpha value is -1.95. The first-order valence-electron chi connectivity index (χ1n) is 6.70. The third kappa shape index (κ3) is 2.96. The highest BCUT2D eigenvalue weighted by Gasteiger charge is 2.29. The van der Waals surface area contributed by atoms with Gasteiger partial charge in [-0.3, -0.25) is 19.8 Å². The van der Waals surface area contributed by atoms with Gasteiger partial charge < -0.3 is 5.11 Å². The van der Waals surface area contributed by atoms with Crippen LogP contribution in [0.1, 0.15) is 30.4 Å². The molecule has 1 aromatic carbocycles. The number of rotatable bonds is 4. The quantitative estimate of drug-likeness (QED) is 0.675. The second-order valence-corrected chi connectivity index (χ2v) is 5.14. The van der Waals surface area contributed by atoms with E-state index in [0.717, 1.165) is 24.9 Å². The molecule has 0 bridgehead atoms. The number of piperidine rings is 1. The fourth-order valence-electron chi connectivity index (χ4n) is 2.72. The van der Waals surface area contributed by atoms with Crippen LogP contribution in [0.3, 0.4) is 0 Å². The number of nitrogens with zero attached hydrogens (tertiary/aromatic N) is 2. The lowest BCUT2D eigenvalue weighted by Crippen LogP contribution is -2.44. The van der Waals surface area contributed by atoms with Crippen molar-refractivity contribution in [2.75, 3.05) is 6.54 Å². The minimum atomic E-state index is -0.812. The standard InChI is InChI=1S/C14H18N2O4/c1-10-11(5-4-7-12(10)16(19)20)9-15-8-3-2-6-13(15)14(17)18/h4-5,7,13H,2-3,6,8-9H2,1H3,(H,17,18). The average molecular weight is 278 g/mol. The fourth-order valence-corrected chi connectivity index (χ4v) is 2.72. The lowest BCUT2D eigenvalue weighted by atomic mass is 9.99. The van der Waals surface area contributed by atoms with Crippen molar-refractivity contribution in [2.45, 2.75) is 38.8 Å². The summed E-state index contributed by atoms with van der Waals surface area (Å²) >= 11 is 0. The first-order valence-corrected chi connectivity index (χ1v) is 6.70. The molecule has 0 aliphatic carbocycles. The molecule has 0 radical (unpaired) electrons. The van der Waals surface area contributed by atoms with Gasteiger partial charge in [-0.05, 0) is 31.9 Å². The van der Waals surface area contributed by atoms with Crippen molar-refractivity contribution in [1.29, 1.82) is 0 Å². The molecule has 1 unspecified atom stereocenters.